The van der Waals surface area contributed by atoms with Crippen molar-refractivity contribution < 1.29 is 9.18 Å². The van der Waals surface area contributed by atoms with Gasteiger partial charge in [0.2, 0.25) is 5.91 Å². The molecular weight excluding hydrogens is 443 g/mol. The molecule has 0 radical (unpaired) electrons. The summed E-state index contributed by atoms with van der Waals surface area (Å²) in [6.07, 6.45) is 1.83. The Balaban J connectivity index is 1.31. The number of thioether (sulfide) groups is 1. The SMILES string of the molecule is CC(C)(C)n1ncc2c(=O)n3c(nc21)SCC3CC(=O)N1CCN(c2ccccc2F)CC1. The summed E-state index contributed by atoms with van der Waals surface area (Å²) < 4.78 is 17.5. The number of benzene rings is 1. The Hall–Kier alpha value is -2.88. The highest BCUT2D eigenvalue weighted by Crippen LogP contribution is 2.34. The Labute approximate surface area is 195 Å². The molecule has 33 heavy (non-hydrogen) atoms. The van der Waals surface area contributed by atoms with E-state index in [2.05, 4.69) is 5.10 Å². The highest BCUT2D eigenvalue weighted by atomic mass is 32.2. The molecule has 10 heteroatoms. The number of carbonyl (C=O) groups is 1. The summed E-state index contributed by atoms with van der Waals surface area (Å²) in [6, 6.07) is 6.48. The van der Waals surface area contributed by atoms with Crippen LogP contribution in [0.5, 0.6) is 0 Å². The molecule has 0 spiro atoms. The van der Waals surface area contributed by atoms with Crippen molar-refractivity contribution in [3.8, 4) is 0 Å². The fourth-order valence-electron chi connectivity index (χ4n) is 4.51. The second-order valence-corrected chi connectivity index (χ2v) is 10.5. The smallest absolute Gasteiger partial charge is 0.265 e. The summed E-state index contributed by atoms with van der Waals surface area (Å²) >= 11 is 1.51. The number of halogens is 1. The minimum absolute atomic E-state index is 0.0130. The van der Waals surface area contributed by atoms with Gasteiger partial charge in [0.05, 0.1) is 23.5 Å². The number of hydrogen-bond acceptors (Lipinski definition) is 6. The van der Waals surface area contributed by atoms with Crippen LogP contribution in [0.3, 0.4) is 0 Å². The zero-order valence-electron chi connectivity index (χ0n) is 19.0. The van der Waals surface area contributed by atoms with Gasteiger partial charge in [0, 0.05) is 38.4 Å². The summed E-state index contributed by atoms with van der Waals surface area (Å²) in [5, 5.41) is 5.51. The minimum Gasteiger partial charge on any atom is -0.366 e. The Morgan fingerprint density at radius 2 is 1.91 bits per heavy atom. The monoisotopic (exact) mass is 470 g/mol. The van der Waals surface area contributed by atoms with Crippen molar-refractivity contribution in [2.24, 2.45) is 0 Å². The van der Waals surface area contributed by atoms with Crippen molar-refractivity contribution in [1.82, 2.24) is 24.2 Å². The third-order valence-corrected chi connectivity index (χ3v) is 7.34. The van der Waals surface area contributed by atoms with Crippen molar-refractivity contribution in [3.63, 3.8) is 0 Å². The van der Waals surface area contributed by atoms with E-state index in [9.17, 15) is 14.0 Å². The van der Waals surface area contributed by atoms with Crippen LogP contribution in [-0.2, 0) is 10.3 Å². The number of aromatic nitrogens is 4. The van der Waals surface area contributed by atoms with Crippen LogP contribution in [-0.4, -0.2) is 62.1 Å². The number of anilines is 1. The number of carbonyl (C=O) groups excluding carboxylic acids is 1. The molecule has 5 rings (SSSR count). The van der Waals surface area contributed by atoms with E-state index in [4.69, 9.17) is 4.98 Å². The third kappa shape index (κ3) is 3.90. The molecule has 174 valence electrons. The lowest BCUT2D eigenvalue weighted by Crippen LogP contribution is -2.49. The van der Waals surface area contributed by atoms with Gasteiger partial charge < -0.3 is 9.80 Å². The maximum Gasteiger partial charge on any atom is 0.265 e. The molecule has 0 N–H and O–H groups in total. The zero-order chi connectivity index (χ0) is 23.3. The van der Waals surface area contributed by atoms with Crippen LogP contribution in [0.25, 0.3) is 11.0 Å². The molecule has 0 aliphatic carbocycles. The van der Waals surface area contributed by atoms with E-state index in [1.165, 1.54) is 17.8 Å². The molecule has 1 saturated heterocycles. The Bertz CT molecular complexity index is 1270. The maximum atomic E-state index is 14.1. The molecule has 1 atom stereocenters. The zero-order valence-corrected chi connectivity index (χ0v) is 19.8. The first-order chi connectivity index (χ1) is 15.7. The van der Waals surface area contributed by atoms with Gasteiger partial charge in [-0.1, -0.05) is 23.9 Å². The summed E-state index contributed by atoms with van der Waals surface area (Å²) in [5.41, 5.74) is 0.729. The predicted octanol–water partition coefficient (Wildman–Crippen LogP) is 2.87. The van der Waals surface area contributed by atoms with Gasteiger partial charge in [0.25, 0.3) is 5.56 Å². The summed E-state index contributed by atoms with van der Waals surface area (Å²) in [4.78, 5) is 34.8. The maximum absolute atomic E-state index is 14.1. The lowest BCUT2D eigenvalue weighted by atomic mass is 10.1. The first-order valence-electron chi connectivity index (χ1n) is 11.1. The Kier molecular flexibility index (Phi) is 5.43. The number of para-hydroxylation sites is 1. The quantitative estimate of drug-likeness (QED) is 0.548. The van der Waals surface area contributed by atoms with Gasteiger partial charge in [-0.2, -0.15) is 5.10 Å². The Morgan fingerprint density at radius 3 is 2.61 bits per heavy atom. The van der Waals surface area contributed by atoms with Crippen LogP contribution in [0.15, 0.2) is 40.4 Å². The summed E-state index contributed by atoms with van der Waals surface area (Å²) in [7, 11) is 0. The normalized spacial score (nSPS) is 18.7. The van der Waals surface area contributed by atoms with Crippen LogP contribution in [0.2, 0.25) is 0 Å². The van der Waals surface area contributed by atoms with E-state index in [1.54, 1.807) is 27.6 Å². The van der Waals surface area contributed by atoms with E-state index in [0.717, 1.165) is 0 Å². The first-order valence-corrected chi connectivity index (χ1v) is 12.1. The topological polar surface area (TPSA) is 76.3 Å². The van der Waals surface area contributed by atoms with E-state index in [1.807, 2.05) is 36.6 Å². The van der Waals surface area contributed by atoms with E-state index in [0.29, 0.717) is 53.8 Å². The molecule has 1 amide bonds. The summed E-state index contributed by atoms with van der Waals surface area (Å²) in [6.45, 7) is 8.29. The number of hydrogen-bond donors (Lipinski definition) is 0. The molecular formula is C23H27FN6O2S. The van der Waals surface area contributed by atoms with Crippen molar-refractivity contribution >= 4 is 34.4 Å². The fraction of sp³-hybridized carbons (Fsp3) is 0.478. The van der Waals surface area contributed by atoms with Crippen molar-refractivity contribution in [2.75, 3.05) is 36.8 Å². The lowest BCUT2D eigenvalue weighted by molar-refractivity contribution is -0.132. The van der Waals surface area contributed by atoms with Crippen LogP contribution >= 0.6 is 11.8 Å². The van der Waals surface area contributed by atoms with Crippen LogP contribution in [0.1, 0.15) is 33.2 Å². The molecule has 8 nitrogen and oxygen atoms in total. The van der Waals surface area contributed by atoms with E-state index >= 15 is 0 Å². The van der Waals surface area contributed by atoms with Gasteiger partial charge in [-0.05, 0) is 32.9 Å². The molecule has 1 fully saturated rings. The molecule has 1 aromatic carbocycles. The highest BCUT2D eigenvalue weighted by molar-refractivity contribution is 7.99. The number of fused-ring (bicyclic) bond motifs is 2. The number of rotatable bonds is 3. The molecule has 0 bridgehead atoms. The van der Waals surface area contributed by atoms with Crippen LogP contribution < -0.4 is 10.5 Å². The average molecular weight is 471 g/mol. The highest BCUT2D eigenvalue weighted by Gasteiger charge is 2.32. The van der Waals surface area contributed by atoms with Gasteiger partial charge in [-0.3, -0.25) is 14.2 Å². The van der Waals surface area contributed by atoms with Crippen molar-refractivity contribution in [2.45, 2.75) is 43.9 Å². The van der Waals surface area contributed by atoms with Gasteiger partial charge in [-0.25, -0.2) is 14.1 Å². The molecule has 2 aliphatic rings. The number of piperazine rings is 1. The second-order valence-electron chi connectivity index (χ2n) is 9.52. The largest absolute Gasteiger partial charge is 0.366 e. The Morgan fingerprint density at radius 1 is 1.18 bits per heavy atom. The first kappa shape index (κ1) is 21.9. The van der Waals surface area contributed by atoms with Crippen molar-refractivity contribution in [1.29, 1.82) is 0 Å². The predicted molar refractivity (Wildman–Crippen MR) is 126 cm³/mol. The lowest BCUT2D eigenvalue weighted by Gasteiger charge is -2.36. The van der Waals surface area contributed by atoms with Gasteiger partial charge >= 0.3 is 0 Å². The molecule has 2 aromatic heterocycles. The van der Waals surface area contributed by atoms with Gasteiger partial charge in [0.1, 0.15) is 11.2 Å². The van der Waals surface area contributed by atoms with Crippen LogP contribution in [0.4, 0.5) is 10.1 Å². The van der Waals surface area contributed by atoms with E-state index < -0.39 is 0 Å². The summed E-state index contributed by atoms with van der Waals surface area (Å²) in [5.74, 6) is 0.405. The van der Waals surface area contributed by atoms with Gasteiger partial charge in [0.15, 0.2) is 10.8 Å². The average Bonchev–Trinajstić information content (AvgIpc) is 3.39. The molecule has 2 aliphatic heterocycles. The number of amides is 1. The minimum atomic E-state index is -0.288. The van der Waals surface area contributed by atoms with E-state index in [-0.39, 0.29) is 35.3 Å². The molecule has 4 heterocycles. The molecule has 0 saturated carbocycles. The number of nitrogens with zero attached hydrogens (tertiary/aromatic N) is 6. The van der Waals surface area contributed by atoms with Gasteiger partial charge in [-0.15, -0.1) is 0 Å². The molecule has 1 unspecified atom stereocenters. The second kappa shape index (κ2) is 8.16. The third-order valence-electron chi connectivity index (χ3n) is 6.24. The van der Waals surface area contributed by atoms with Crippen LogP contribution in [0, 0.1) is 5.82 Å². The van der Waals surface area contributed by atoms with Crippen molar-refractivity contribution in [3.05, 3.63) is 46.6 Å². The molecule has 3 aromatic rings. The fourth-order valence-corrected chi connectivity index (χ4v) is 5.64. The standard InChI is InChI=1S/C23H27FN6O2S/c1-23(2,3)30-20-16(13-25-30)21(32)29-15(14-33-22(29)26-20)12-19(31)28-10-8-27(9-11-28)18-7-5-4-6-17(18)24/h4-7,13,15H,8-12,14H2,1-3H3.